The van der Waals surface area contributed by atoms with E-state index in [4.69, 9.17) is 4.98 Å². The zero-order chi connectivity index (χ0) is 33.1. The molecule has 0 radical (unpaired) electrons. The molecule has 3 nitrogen and oxygen atoms in total. The second-order valence-corrected chi connectivity index (χ2v) is 15.0. The molecule has 1 aliphatic rings. The van der Waals surface area contributed by atoms with Crippen molar-refractivity contribution in [3.63, 3.8) is 0 Å². The SMILES string of the molecule is CC1(C)c2ccccc2-c2c1c1c3ccccc3n(-c3ccc(-c4nc5ccccc5n4-c4ccccc4)cc3)c1c1sc3ccccc3c21. The monoisotopic (exact) mass is 657 g/mol. The van der Waals surface area contributed by atoms with Crippen LogP contribution >= 0.6 is 11.3 Å². The largest absolute Gasteiger partial charge is 0.308 e. The first-order chi connectivity index (χ1) is 24.6. The van der Waals surface area contributed by atoms with Gasteiger partial charge < -0.3 is 4.57 Å². The Morgan fingerprint density at radius 3 is 2.06 bits per heavy atom. The van der Waals surface area contributed by atoms with Gasteiger partial charge in [0.1, 0.15) is 5.82 Å². The second kappa shape index (κ2) is 10.0. The van der Waals surface area contributed by atoms with Crippen LogP contribution in [0.2, 0.25) is 0 Å². The van der Waals surface area contributed by atoms with Crippen LogP contribution in [0.25, 0.3) is 86.9 Å². The zero-order valence-electron chi connectivity index (χ0n) is 27.7. The molecular formula is C46H31N3S. The summed E-state index contributed by atoms with van der Waals surface area (Å²) >= 11 is 1.92. The molecule has 50 heavy (non-hydrogen) atoms. The van der Waals surface area contributed by atoms with Gasteiger partial charge in [0.25, 0.3) is 0 Å². The Morgan fingerprint density at radius 2 is 1.22 bits per heavy atom. The van der Waals surface area contributed by atoms with E-state index in [1.165, 1.54) is 64.2 Å². The highest BCUT2D eigenvalue weighted by molar-refractivity contribution is 7.26. The Hall–Kier alpha value is -5.97. The lowest BCUT2D eigenvalue weighted by molar-refractivity contribution is 0.667. The predicted octanol–water partition coefficient (Wildman–Crippen LogP) is 12.5. The quantitative estimate of drug-likeness (QED) is 0.185. The molecule has 1 aliphatic carbocycles. The van der Waals surface area contributed by atoms with E-state index in [0.717, 1.165) is 33.8 Å². The average Bonchev–Trinajstić information content (AvgIpc) is 3.89. The molecule has 236 valence electrons. The van der Waals surface area contributed by atoms with Crippen LogP contribution in [0.15, 0.2) is 152 Å². The lowest BCUT2D eigenvalue weighted by Gasteiger charge is -2.23. The van der Waals surface area contributed by atoms with Gasteiger partial charge in [-0.1, -0.05) is 105 Å². The molecule has 0 saturated heterocycles. The summed E-state index contributed by atoms with van der Waals surface area (Å²) in [4.78, 5) is 5.15. The van der Waals surface area contributed by atoms with Crippen molar-refractivity contribution >= 4 is 64.3 Å². The molecule has 0 N–H and O–H groups in total. The number of imidazole rings is 1. The van der Waals surface area contributed by atoms with Crippen LogP contribution in [0.1, 0.15) is 25.0 Å². The van der Waals surface area contributed by atoms with Gasteiger partial charge in [0.2, 0.25) is 0 Å². The van der Waals surface area contributed by atoms with Crippen molar-refractivity contribution in [3.8, 4) is 33.9 Å². The Bertz CT molecular complexity index is 2990. The fourth-order valence-electron chi connectivity index (χ4n) is 8.78. The summed E-state index contributed by atoms with van der Waals surface area (Å²) in [6.45, 7) is 4.83. The number of hydrogen-bond donors (Lipinski definition) is 0. The van der Waals surface area contributed by atoms with Gasteiger partial charge >= 0.3 is 0 Å². The molecule has 0 saturated carbocycles. The van der Waals surface area contributed by atoms with Gasteiger partial charge in [-0.05, 0) is 82.9 Å². The zero-order valence-corrected chi connectivity index (χ0v) is 28.5. The second-order valence-electron chi connectivity index (χ2n) is 13.9. The van der Waals surface area contributed by atoms with E-state index in [1.807, 2.05) is 11.3 Å². The first kappa shape index (κ1) is 27.9. The van der Waals surface area contributed by atoms with Crippen LogP contribution < -0.4 is 0 Å². The maximum Gasteiger partial charge on any atom is 0.145 e. The molecule has 0 bridgehead atoms. The number of hydrogen-bond acceptors (Lipinski definition) is 2. The minimum atomic E-state index is -0.156. The Labute approximate surface area is 293 Å². The van der Waals surface area contributed by atoms with E-state index in [2.05, 4.69) is 175 Å². The summed E-state index contributed by atoms with van der Waals surface area (Å²) in [6, 6.07) is 55.0. The number of aromatic nitrogens is 3. The summed E-state index contributed by atoms with van der Waals surface area (Å²) < 4.78 is 7.46. The molecule has 3 aromatic heterocycles. The molecule has 0 atom stereocenters. The van der Waals surface area contributed by atoms with Crippen LogP contribution in [-0.2, 0) is 5.41 Å². The van der Waals surface area contributed by atoms with Gasteiger partial charge in [-0.3, -0.25) is 4.57 Å². The molecule has 0 aliphatic heterocycles. The van der Waals surface area contributed by atoms with Crippen LogP contribution in [0, 0.1) is 0 Å². The van der Waals surface area contributed by atoms with Crippen molar-refractivity contribution in [2.75, 3.05) is 0 Å². The minimum absolute atomic E-state index is 0.156. The normalized spacial score (nSPS) is 13.6. The third kappa shape index (κ3) is 3.61. The van der Waals surface area contributed by atoms with Crippen molar-refractivity contribution in [2.24, 2.45) is 0 Å². The van der Waals surface area contributed by atoms with E-state index in [-0.39, 0.29) is 5.41 Å². The molecule has 4 heteroatoms. The predicted molar refractivity (Wildman–Crippen MR) is 211 cm³/mol. The minimum Gasteiger partial charge on any atom is -0.308 e. The number of thiophene rings is 1. The number of fused-ring (bicyclic) bond motifs is 13. The van der Waals surface area contributed by atoms with Gasteiger partial charge in [-0.15, -0.1) is 11.3 Å². The maximum atomic E-state index is 5.15. The van der Waals surface area contributed by atoms with Gasteiger partial charge in [-0.2, -0.15) is 0 Å². The molecule has 0 amide bonds. The third-order valence-corrected chi connectivity index (χ3v) is 12.1. The van der Waals surface area contributed by atoms with E-state index in [9.17, 15) is 0 Å². The molecular weight excluding hydrogens is 627 g/mol. The Morgan fingerprint density at radius 1 is 0.560 bits per heavy atom. The summed E-state index contributed by atoms with van der Waals surface area (Å²) in [7, 11) is 0. The molecule has 0 unspecified atom stereocenters. The highest BCUT2D eigenvalue weighted by atomic mass is 32.1. The lowest BCUT2D eigenvalue weighted by atomic mass is 9.80. The van der Waals surface area contributed by atoms with Crippen molar-refractivity contribution in [1.82, 2.24) is 14.1 Å². The standard InChI is InChI=1S/C46H31N3S/c1-46(2)34-19-9-6-16-31(34)39-40-33-18-8-13-23-38(33)50-44(40)43-41(42(39)46)32-17-7-11-21-36(32)48(43)30-26-24-28(25-27-30)45-47-35-20-10-12-22-37(35)49(45)29-14-4-3-5-15-29/h3-27H,1-2H3. The number of rotatable bonds is 3. The fourth-order valence-corrected chi connectivity index (χ4v) is 10.0. The van der Waals surface area contributed by atoms with Crippen LogP contribution in [0.5, 0.6) is 0 Å². The molecule has 0 fully saturated rings. The van der Waals surface area contributed by atoms with Gasteiger partial charge in [-0.25, -0.2) is 4.98 Å². The van der Waals surface area contributed by atoms with Crippen LogP contribution in [0.4, 0.5) is 0 Å². The lowest BCUT2D eigenvalue weighted by Crippen LogP contribution is -2.15. The van der Waals surface area contributed by atoms with Crippen molar-refractivity contribution in [1.29, 1.82) is 0 Å². The Balaban J connectivity index is 1.23. The summed E-state index contributed by atoms with van der Waals surface area (Å²) in [5.41, 5.74) is 13.4. The molecule has 10 aromatic rings. The summed E-state index contributed by atoms with van der Waals surface area (Å²) in [6.07, 6.45) is 0. The van der Waals surface area contributed by atoms with Gasteiger partial charge in [0, 0.05) is 48.6 Å². The summed E-state index contributed by atoms with van der Waals surface area (Å²) in [5, 5.41) is 5.38. The maximum absolute atomic E-state index is 5.15. The smallest absolute Gasteiger partial charge is 0.145 e. The van der Waals surface area contributed by atoms with E-state index < -0.39 is 0 Å². The van der Waals surface area contributed by atoms with E-state index in [1.54, 1.807) is 0 Å². The molecule has 11 rings (SSSR count). The highest BCUT2D eigenvalue weighted by Crippen LogP contribution is 2.58. The third-order valence-electron chi connectivity index (χ3n) is 10.9. The van der Waals surface area contributed by atoms with Crippen molar-refractivity contribution < 1.29 is 0 Å². The number of para-hydroxylation sites is 4. The molecule has 3 heterocycles. The van der Waals surface area contributed by atoms with E-state index in [0.29, 0.717) is 0 Å². The van der Waals surface area contributed by atoms with Crippen molar-refractivity contribution in [3.05, 3.63) is 163 Å². The molecule has 7 aromatic carbocycles. The van der Waals surface area contributed by atoms with Crippen LogP contribution in [0.3, 0.4) is 0 Å². The number of nitrogens with zero attached hydrogens (tertiary/aromatic N) is 3. The number of benzene rings is 7. The van der Waals surface area contributed by atoms with Gasteiger partial charge in [0.05, 0.1) is 26.8 Å². The Kier molecular flexibility index (Phi) is 5.61. The average molecular weight is 658 g/mol. The molecule has 0 spiro atoms. The first-order valence-corrected chi connectivity index (χ1v) is 18.1. The van der Waals surface area contributed by atoms with Crippen molar-refractivity contribution in [2.45, 2.75) is 19.3 Å². The van der Waals surface area contributed by atoms with Crippen LogP contribution in [-0.4, -0.2) is 14.1 Å². The van der Waals surface area contributed by atoms with Gasteiger partial charge in [0.15, 0.2) is 0 Å². The highest BCUT2D eigenvalue weighted by Gasteiger charge is 2.40. The topological polar surface area (TPSA) is 22.8 Å². The first-order valence-electron chi connectivity index (χ1n) is 17.2. The van der Waals surface area contributed by atoms with E-state index >= 15 is 0 Å². The summed E-state index contributed by atoms with van der Waals surface area (Å²) in [5.74, 6) is 0.940. The fraction of sp³-hybridized carbons (Fsp3) is 0.0652.